The fourth-order valence-corrected chi connectivity index (χ4v) is 4.21. The van der Waals surface area contributed by atoms with Gasteiger partial charge >= 0.3 is 11.8 Å². The molecule has 0 aromatic heterocycles. The van der Waals surface area contributed by atoms with Gasteiger partial charge in [-0.15, -0.1) is 0 Å². The Bertz CT molecular complexity index is 1100. The van der Waals surface area contributed by atoms with Crippen molar-refractivity contribution in [3.8, 4) is 0 Å². The molecule has 0 spiro atoms. The van der Waals surface area contributed by atoms with Crippen molar-refractivity contribution >= 4 is 23.2 Å². The van der Waals surface area contributed by atoms with Gasteiger partial charge in [-0.05, 0) is 47.4 Å². The van der Waals surface area contributed by atoms with Gasteiger partial charge < -0.3 is 15.5 Å². The molecule has 6 nitrogen and oxygen atoms in total. The molecular weight excluding hydrogens is 412 g/mol. The summed E-state index contributed by atoms with van der Waals surface area (Å²) in [5, 5.41) is 5.50. The average Bonchev–Trinajstić information content (AvgIpc) is 2.85. The minimum absolute atomic E-state index is 0.0388. The second-order valence-corrected chi connectivity index (χ2v) is 8.52. The number of carbonyl (C=O) groups is 2. The molecule has 33 heavy (non-hydrogen) atoms. The Labute approximate surface area is 195 Å². The Balaban J connectivity index is 1.49. The number of nitrogens with one attached hydrogen (secondary N) is 2. The minimum atomic E-state index is -0.660. The summed E-state index contributed by atoms with van der Waals surface area (Å²) in [7, 11) is 4.03. The van der Waals surface area contributed by atoms with Crippen molar-refractivity contribution in [2.45, 2.75) is 19.0 Å². The first-order valence-corrected chi connectivity index (χ1v) is 11.2. The molecule has 170 valence electrons. The van der Waals surface area contributed by atoms with Gasteiger partial charge in [-0.1, -0.05) is 54.6 Å². The summed E-state index contributed by atoms with van der Waals surface area (Å²) in [5.41, 5.74) is 5.52. The Morgan fingerprint density at radius 2 is 1.55 bits per heavy atom. The van der Waals surface area contributed by atoms with E-state index in [9.17, 15) is 9.59 Å². The van der Waals surface area contributed by atoms with Gasteiger partial charge in [-0.25, -0.2) is 0 Å². The minimum Gasteiger partial charge on any atom is -0.378 e. The molecule has 4 rings (SSSR count). The Morgan fingerprint density at radius 3 is 2.24 bits per heavy atom. The molecule has 2 amide bonds. The van der Waals surface area contributed by atoms with Crippen LogP contribution in [0.2, 0.25) is 0 Å². The highest BCUT2D eigenvalue weighted by atomic mass is 16.2. The lowest BCUT2D eigenvalue weighted by atomic mass is 9.96. The zero-order chi connectivity index (χ0) is 23.2. The van der Waals surface area contributed by atoms with E-state index in [0.29, 0.717) is 12.2 Å². The van der Waals surface area contributed by atoms with Crippen molar-refractivity contribution in [3.05, 3.63) is 95.6 Å². The van der Waals surface area contributed by atoms with Crippen LogP contribution in [0.5, 0.6) is 0 Å². The molecule has 0 bridgehead atoms. The van der Waals surface area contributed by atoms with Crippen molar-refractivity contribution in [2.24, 2.45) is 0 Å². The van der Waals surface area contributed by atoms with E-state index in [1.54, 1.807) is 12.1 Å². The number of hydrogen-bond donors (Lipinski definition) is 2. The van der Waals surface area contributed by atoms with Crippen LogP contribution in [0.3, 0.4) is 0 Å². The second-order valence-electron chi connectivity index (χ2n) is 8.52. The third-order valence-corrected chi connectivity index (χ3v) is 6.09. The van der Waals surface area contributed by atoms with Crippen LogP contribution in [0.1, 0.15) is 22.7 Å². The number of para-hydroxylation sites is 1. The monoisotopic (exact) mass is 442 g/mol. The molecule has 6 heteroatoms. The molecule has 1 aliphatic rings. The third kappa shape index (κ3) is 5.59. The van der Waals surface area contributed by atoms with E-state index in [1.807, 2.05) is 32.3 Å². The number of benzene rings is 3. The maximum atomic E-state index is 12.6. The zero-order valence-corrected chi connectivity index (χ0v) is 19.1. The maximum Gasteiger partial charge on any atom is 0.313 e. The highest BCUT2D eigenvalue weighted by Gasteiger charge is 2.26. The van der Waals surface area contributed by atoms with Crippen LogP contribution in [0.25, 0.3) is 0 Å². The Morgan fingerprint density at radius 1 is 0.879 bits per heavy atom. The van der Waals surface area contributed by atoms with E-state index in [1.165, 1.54) is 11.1 Å². The molecule has 0 radical (unpaired) electrons. The van der Waals surface area contributed by atoms with Crippen LogP contribution in [0.4, 0.5) is 11.4 Å². The van der Waals surface area contributed by atoms with E-state index >= 15 is 0 Å². The molecule has 1 aliphatic heterocycles. The van der Waals surface area contributed by atoms with Crippen molar-refractivity contribution in [2.75, 3.05) is 37.4 Å². The molecular formula is C27H30N4O2. The normalized spacial score (nSPS) is 14.1. The van der Waals surface area contributed by atoms with Gasteiger partial charge in [0.25, 0.3) is 0 Å². The number of fused-ring (bicyclic) bond motifs is 1. The maximum absolute atomic E-state index is 12.6. The second kappa shape index (κ2) is 10.3. The van der Waals surface area contributed by atoms with Crippen molar-refractivity contribution in [1.29, 1.82) is 0 Å². The van der Waals surface area contributed by atoms with Crippen LogP contribution < -0.4 is 15.5 Å². The van der Waals surface area contributed by atoms with Gasteiger partial charge in [0.15, 0.2) is 0 Å². The molecule has 3 aromatic rings. The predicted molar refractivity (Wildman–Crippen MR) is 132 cm³/mol. The van der Waals surface area contributed by atoms with Gasteiger partial charge in [0.05, 0.1) is 6.04 Å². The Kier molecular flexibility index (Phi) is 7.05. The van der Waals surface area contributed by atoms with E-state index in [4.69, 9.17) is 0 Å². The van der Waals surface area contributed by atoms with E-state index in [-0.39, 0.29) is 6.04 Å². The summed E-state index contributed by atoms with van der Waals surface area (Å²) in [6.07, 6.45) is 0.963. The summed E-state index contributed by atoms with van der Waals surface area (Å²) in [6, 6.07) is 25.9. The largest absolute Gasteiger partial charge is 0.378 e. The summed E-state index contributed by atoms with van der Waals surface area (Å²) < 4.78 is 0. The van der Waals surface area contributed by atoms with Crippen LogP contribution >= 0.6 is 0 Å². The number of amides is 2. The fourth-order valence-electron chi connectivity index (χ4n) is 4.21. The average molecular weight is 443 g/mol. The topological polar surface area (TPSA) is 64.7 Å². The van der Waals surface area contributed by atoms with Gasteiger partial charge in [-0.2, -0.15) is 0 Å². The van der Waals surface area contributed by atoms with Crippen LogP contribution in [-0.4, -0.2) is 43.9 Å². The molecule has 1 heterocycles. The quantitative estimate of drug-likeness (QED) is 0.573. The summed E-state index contributed by atoms with van der Waals surface area (Å²) in [4.78, 5) is 29.4. The smallest absolute Gasteiger partial charge is 0.313 e. The van der Waals surface area contributed by atoms with Crippen molar-refractivity contribution in [3.63, 3.8) is 0 Å². The lowest BCUT2D eigenvalue weighted by Gasteiger charge is -2.36. The van der Waals surface area contributed by atoms with E-state index in [2.05, 4.69) is 69.0 Å². The van der Waals surface area contributed by atoms with E-state index < -0.39 is 11.8 Å². The van der Waals surface area contributed by atoms with Gasteiger partial charge in [0.2, 0.25) is 0 Å². The van der Waals surface area contributed by atoms with Crippen molar-refractivity contribution in [1.82, 2.24) is 10.2 Å². The molecule has 1 unspecified atom stereocenters. The summed E-state index contributed by atoms with van der Waals surface area (Å²) in [6.45, 7) is 2.05. The third-order valence-electron chi connectivity index (χ3n) is 6.09. The summed E-state index contributed by atoms with van der Waals surface area (Å²) >= 11 is 0. The molecule has 0 aliphatic carbocycles. The summed E-state index contributed by atoms with van der Waals surface area (Å²) in [5.74, 6) is -1.29. The first kappa shape index (κ1) is 22.6. The van der Waals surface area contributed by atoms with Crippen molar-refractivity contribution < 1.29 is 9.59 Å². The molecule has 3 aromatic carbocycles. The zero-order valence-electron chi connectivity index (χ0n) is 19.1. The number of hydrogen-bond acceptors (Lipinski definition) is 4. The molecule has 2 N–H and O–H groups in total. The first-order valence-electron chi connectivity index (χ1n) is 11.2. The number of nitrogens with zero attached hydrogens (tertiary/aromatic N) is 2. The van der Waals surface area contributed by atoms with Gasteiger partial charge in [-0.3, -0.25) is 14.5 Å². The van der Waals surface area contributed by atoms with Gasteiger partial charge in [0.1, 0.15) is 0 Å². The van der Waals surface area contributed by atoms with E-state index in [0.717, 1.165) is 30.8 Å². The lowest BCUT2D eigenvalue weighted by molar-refractivity contribution is -0.136. The van der Waals surface area contributed by atoms with Crippen LogP contribution in [0, 0.1) is 0 Å². The number of anilines is 2. The molecule has 0 fully saturated rings. The SMILES string of the molecule is CN(C)c1ccc(C(CNC(=O)C(=O)Nc2ccccc2)N2CCc3ccccc3C2)cc1. The number of carbonyl (C=O) groups excluding carboxylic acids is 2. The lowest BCUT2D eigenvalue weighted by Crippen LogP contribution is -2.43. The predicted octanol–water partition coefficient (Wildman–Crippen LogP) is 3.61. The van der Waals surface area contributed by atoms with Crippen LogP contribution in [-0.2, 0) is 22.6 Å². The highest BCUT2D eigenvalue weighted by Crippen LogP contribution is 2.28. The fraction of sp³-hybridized carbons (Fsp3) is 0.259. The standard InChI is InChI=1S/C27H30N4O2/c1-30(2)24-14-12-21(13-15-24)25(31-17-16-20-8-6-7-9-22(20)19-31)18-28-26(32)27(33)29-23-10-4-3-5-11-23/h3-15,25H,16-19H2,1-2H3,(H,28,32)(H,29,33). The Hall–Kier alpha value is -3.64. The van der Waals surface area contributed by atoms with Gasteiger partial charge in [0, 0.05) is 45.1 Å². The molecule has 0 saturated carbocycles. The highest BCUT2D eigenvalue weighted by molar-refractivity contribution is 6.39. The molecule has 0 saturated heterocycles. The number of rotatable bonds is 6. The van der Waals surface area contributed by atoms with Crippen LogP contribution in [0.15, 0.2) is 78.9 Å². The molecule has 1 atom stereocenters. The first-order chi connectivity index (χ1) is 16.0.